The topological polar surface area (TPSA) is 38.1 Å². The smallest absolute Gasteiger partial charge is 0.194 e. The van der Waals surface area contributed by atoms with Gasteiger partial charge in [0.25, 0.3) is 0 Å². The van der Waals surface area contributed by atoms with Crippen LogP contribution in [-0.4, -0.2) is 12.0 Å². The van der Waals surface area contributed by atoms with Crippen LogP contribution in [0.15, 0.2) is 10.6 Å². The fourth-order valence-electron chi connectivity index (χ4n) is 0.830. The van der Waals surface area contributed by atoms with Crippen LogP contribution in [0.1, 0.15) is 31.5 Å². The molecule has 1 rings (SSSR count). The first kappa shape index (κ1) is 8.27. The molecule has 1 atom stereocenters. The Balaban J connectivity index is 2.71. The quantitative estimate of drug-likeness (QED) is 0.717. The molecule has 3 nitrogen and oxygen atoms in total. The Morgan fingerprint density at radius 2 is 2.45 bits per heavy atom. The Labute approximate surface area is 66.8 Å². The fraction of sp³-hybridized carbons (Fsp3) is 0.625. The summed E-state index contributed by atoms with van der Waals surface area (Å²) in [6.07, 6.45) is 2.64. The Morgan fingerprint density at radius 1 is 1.73 bits per heavy atom. The maximum Gasteiger partial charge on any atom is 0.194 e. The second kappa shape index (κ2) is 3.53. The maximum absolute atomic E-state index is 5.41. The van der Waals surface area contributed by atoms with Gasteiger partial charge in [0, 0.05) is 6.42 Å². The highest BCUT2D eigenvalue weighted by molar-refractivity contribution is 4.98. The van der Waals surface area contributed by atoms with Crippen molar-refractivity contribution in [2.45, 2.75) is 26.3 Å². The summed E-state index contributed by atoms with van der Waals surface area (Å²) in [5, 5.41) is 3.08. The molecule has 1 unspecified atom stereocenters. The molecule has 1 aromatic rings. The molecule has 0 amide bonds. The molecule has 0 bridgehead atoms. The van der Waals surface area contributed by atoms with E-state index in [1.54, 1.807) is 6.20 Å². The van der Waals surface area contributed by atoms with Gasteiger partial charge in [0.05, 0.1) is 12.2 Å². The second-order valence-electron chi connectivity index (χ2n) is 2.52. The first-order valence-electron chi connectivity index (χ1n) is 3.89. The van der Waals surface area contributed by atoms with E-state index >= 15 is 0 Å². The van der Waals surface area contributed by atoms with E-state index in [0.29, 0.717) is 0 Å². The minimum Gasteiger partial charge on any atom is -0.444 e. The summed E-state index contributed by atoms with van der Waals surface area (Å²) in [7, 11) is 1.90. The van der Waals surface area contributed by atoms with Gasteiger partial charge >= 0.3 is 0 Å². The van der Waals surface area contributed by atoms with Crippen LogP contribution in [0.5, 0.6) is 0 Å². The van der Waals surface area contributed by atoms with Crippen molar-refractivity contribution in [2.75, 3.05) is 7.05 Å². The highest BCUT2D eigenvalue weighted by Gasteiger charge is 2.07. The first-order valence-corrected chi connectivity index (χ1v) is 3.89. The van der Waals surface area contributed by atoms with Crippen LogP contribution in [0, 0.1) is 0 Å². The molecule has 0 aromatic carbocycles. The van der Waals surface area contributed by atoms with Crippen molar-refractivity contribution in [2.24, 2.45) is 0 Å². The van der Waals surface area contributed by atoms with Gasteiger partial charge in [0.1, 0.15) is 5.76 Å². The van der Waals surface area contributed by atoms with Gasteiger partial charge < -0.3 is 9.73 Å². The minimum atomic E-state index is 0.253. The average molecular weight is 154 g/mol. The van der Waals surface area contributed by atoms with Crippen molar-refractivity contribution in [1.29, 1.82) is 0 Å². The average Bonchev–Trinajstić information content (AvgIpc) is 2.50. The van der Waals surface area contributed by atoms with Gasteiger partial charge in [-0.3, -0.25) is 0 Å². The van der Waals surface area contributed by atoms with Crippen molar-refractivity contribution in [1.82, 2.24) is 10.3 Å². The monoisotopic (exact) mass is 154 g/mol. The van der Waals surface area contributed by atoms with E-state index < -0.39 is 0 Å². The molecule has 1 heterocycles. The minimum absolute atomic E-state index is 0.253. The lowest BCUT2D eigenvalue weighted by Gasteiger charge is -2.03. The predicted octanol–water partition coefficient (Wildman–Crippen LogP) is 1.52. The SMILES string of the molecule is CCc1ncc(C(C)NC)o1. The zero-order chi connectivity index (χ0) is 8.27. The van der Waals surface area contributed by atoms with Crippen LogP contribution in [0.4, 0.5) is 0 Å². The molecule has 1 aromatic heterocycles. The lowest BCUT2D eigenvalue weighted by molar-refractivity contribution is 0.417. The number of nitrogens with zero attached hydrogens (tertiary/aromatic N) is 1. The van der Waals surface area contributed by atoms with Crippen molar-refractivity contribution in [3.8, 4) is 0 Å². The van der Waals surface area contributed by atoms with Crippen molar-refractivity contribution >= 4 is 0 Å². The zero-order valence-corrected chi connectivity index (χ0v) is 7.22. The number of rotatable bonds is 3. The van der Waals surface area contributed by atoms with Gasteiger partial charge in [-0.15, -0.1) is 0 Å². The summed E-state index contributed by atoms with van der Waals surface area (Å²) < 4.78 is 5.41. The molecule has 0 saturated carbocycles. The third-order valence-corrected chi connectivity index (χ3v) is 1.73. The summed E-state index contributed by atoms with van der Waals surface area (Å²) in [4.78, 5) is 4.10. The molecule has 0 aliphatic rings. The number of oxazole rings is 1. The summed E-state index contributed by atoms with van der Waals surface area (Å²) >= 11 is 0. The number of aromatic nitrogens is 1. The third-order valence-electron chi connectivity index (χ3n) is 1.73. The molecule has 0 spiro atoms. The normalized spacial score (nSPS) is 13.4. The molecule has 11 heavy (non-hydrogen) atoms. The van der Waals surface area contributed by atoms with Gasteiger partial charge in [-0.1, -0.05) is 6.92 Å². The van der Waals surface area contributed by atoms with Crippen molar-refractivity contribution in [3.63, 3.8) is 0 Å². The fourth-order valence-corrected chi connectivity index (χ4v) is 0.830. The predicted molar refractivity (Wildman–Crippen MR) is 43.4 cm³/mol. The summed E-state index contributed by atoms with van der Waals surface area (Å²) in [6.45, 7) is 4.07. The molecule has 3 heteroatoms. The molecule has 0 radical (unpaired) electrons. The number of aryl methyl sites for hydroxylation is 1. The van der Waals surface area contributed by atoms with Gasteiger partial charge in [0.2, 0.25) is 0 Å². The summed E-state index contributed by atoms with van der Waals surface area (Å²) in [6, 6.07) is 0.253. The molecular formula is C8H14N2O. The van der Waals surface area contributed by atoms with E-state index in [-0.39, 0.29) is 6.04 Å². The van der Waals surface area contributed by atoms with Crippen LogP contribution in [0.3, 0.4) is 0 Å². The molecule has 0 saturated heterocycles. The van der Waals surface area contributed by atoms with E-state index in [1.165, 1.54) is 0 Å². The Morgan fingerprint density at radius 3 is 2.91 bits per heavy atom. The molecule has 62 valence electrons. The van der Waals surface area contributed by atoms with E-state index in [2.05, 4.69) is 10.3 Å². The van der Waals surface area contributed by atoms with Crippen LogP contribution in [-0.2, 0) is 6.42 Å². The lowest BCUT2D eigenvalue weighted by Crippen LogP contribution is -2.11. The Hall–Kier alpha value is -0.830. The van der Waals surface area contributed by atoms with Gasteiger partial charge in [-0.2, -0.15) is 0 Å². The number of hydrogen-bond donors (Lipinski definition) is 1. The lowest BCUT2D eigenvalue weighted by atomic mass is 10.3. The Bertz CT molecular complexity index is 220. The van der Waals surface area contributed by atoms with Crippen LogP contribution < -0.4 is 5.32 Å². The first-order chi connectivity index (χ1) is 5.27. The molecule has 1 N–H and O–H groups in total. The molecular weight excluding hydrogens is 140 g/mol. The largest absolute Gasteiger partial charge is 0.444 e. The molecule has 0 aliphatic carbocycles. The molecule has 0 aliphatic heterocycles. The van der Waals surface area contributed by atoms with Crippen LogP contribution in [0.2, 0.25) is 0 Å². The number of hydrogen-bond acceptors (Lipinski definition) is 3. The third kappa shape index (κ3) is 1.80. The van der Waals surface area contributed by atoms with Gasteiger partial charge in [-0.25, -0.2) is 4.98 Å². The van der Waals surface area contributed by atoms with Gasteiger partial charge in [-0.05, 0) is 14.0 Å². The second-order valence-corrected chi connectivity index (χ2v) is 2.52. The standard InChI is InChI=1S/C8H14N2O/c1-4-8-10-5-7(11-8)6(2)9-3/h5-6,9H,4H2,1-3H3. The molecule has 0 fully saturated rings. The van der Waals surface area contributed by atoms with E-state index in [4.69, 9.17) is 4.42 Å². The van der Waals surface area contributed by atoms with Gasteiger partial charge in [0.15, 0.2) is 5.89 Å². The summed E-state index contributed by atoms with van der Waals surface area (Å²) in [5.74, 6) is 1.71. The van der Waals surface area contributed by atoms with Crippen molar-refractivity contribution in [3.05, 3.63) is 17.8 Å². The maximum atomic E-state index is 5.41. The highest BCUT2D eigenvalue weighted by atomic mass is 16.4. The van der Waals surface area contributed by atoms with Crippen molar-refractivity contribution < 1.29 is 4.42 Å². The van der Waals surface area contributed by atoms with E-state index in [9.17, 15) is 0 Å². The van der Waals surface area contributed by atoms with E-state index in [1.807, 2.05) is 20.9 Å². The Kier molecular flexibility index (Phi) is 2.65. The van der Waals surface area contributed by atoms with E-state index in [0.717, 1.165) is 18.1 Å². The van der Waals surface area contributed by atoms with Crippen LogP contribution in [0.25, 0.3) is 0 Å². The highest BCUT2D eigenvalue weighted by Crippen LogP contribution is 2.12. The summed E-state index contributed by atoms with van der Waals surface area (Å²) in [5.41, 5.74) is 0. The number of nitrogens with one attached hydrogen (secondary N) is 1. The zero-order valence-electron chi connectivity index (χ0n) is 7.22. The van der Waals surface area contributed by atoms with Crippen LogP contribution >= 0.6 is 0 Å².